The van der Waals surface area contributed by atoms with E-state index in [-0.39, 0.29) is 24.4 Å². The standard InChI is InChI=1S/C23H29N3O3/c1-16-8-3-5-10-18(16)24-23(28)22-19-11-7-13-25(19)15-21(27)26(22)14-17-9-4-6-12-20(17)29-2/h4,6-7,9,11-13,16,18,22H,3,5,8,10,14-15H2,1-2H3,(H,24,28)/t16-,18+,22-/m1/s1. The second-order valence-electron chi connectivity index (χ2n) is 8.17. The molecule has 1 aliphatic carbocycles. The summed E-state index contributed by atoms with van der Waals surface area (Å²) in [5.41, 5.74) is 1.76. The summed E-state index contributed by atoms with van der Waals surface area (Å²) in [4.78, 5) is 28.1. The molecule has 2 heterocycles. The van der Waals surface area contributed by atoms with Crippen molar-refractivity contribution >= 4 is 11.8 Å². The van der Waals surface area contributed by atoms with Crippen LogP contribution in [0.5, 0.6) is 5.75 Å². The molecule has 1 saturated carbocycles. The van der Waals surface area contributed by atoms with Gasteiger partial charge in [0, 0.05) is 17.8 Å². The predicted octanol–water partition coefficient (Wildman–Crippen LogP) is 3.28. The van der Waals surface area contributed by atoms with E-state index < -0.39 is 6.04 Å². The van der Waals surface area contributed by atoms with E-state index in [1.165, 1.54) is 6.42 Å². The lowest BCUT2D eigenvalue weighted by Crippen LogP contribution is -2.51. The fraction of sp³-hybridized carbons (Fsp3) is 0.478. The molecule has 1 fully saturated rings. The SMILES string of the molecule is COc1ccccc1CN1C(=O)Cn2cccc2[C@@H]1C(=O)N[C@H]1CCCC[C@H]1C. The summed E-state index contributed by atoms with van der Waals surface area (Å²) in [5.74, 6) is 1.03. The Morgan fingerprint density at radius 2 is 1.97 bits per heavy atom. The second kappa shape index (κ2) is 8.31. The third kappa shape index (κ3) is 3.88. The van der Waals surface area contributed by atoms with Crippen molar-refractivity contribution in [3.63, 3.8) is 0 Å². The Labute approximate surface area is 171 Å². The monoisotopic (exact) mass is 395 g/mol. The largest absolute Gasteiger partial charge is 0.496 e. The molecular weight excluding hydrogens is 366 g/mol. The Morgan fingerprint density at radius 1 is 1.17 bits per heavy atom. The molecule has 1 N–H and O–H groups in total. The molecule has 0 radical (unpaired) electrons. The summed E-state index contributed by atoms with van der Waals surface area (Å²) in [7, 11) is 1.62. The number of para-hydroxylation sites is 1. The normalized spacial score (nSPS) is 24.1. The summed E-state index contributed by atoms with van der Waals surface area (Å²) in [6.45, 7) is 2.79. The van der Waals surface area contributed by atoms with Crippen LogP contribution in [-0.2, 0) is 22.7 Å². The predicted molar refractivity (Wildman–Crippen MR) is 110 cm³/mol. The molecular formula is C23H29N3O3. The van der Waals surface area contributed by atoms with Gasteiger partial charge in [0.2, 0.25) is 11.8 Å². The molecule has 154 valence electrons. The number of methoxy groups -OCH3 is 1. The minimum Gasteiger partial charge on any atom is -0.496 e. The van der Waals surface area contributed by atoms with Crippen molar-refractivity contribution in [2.24, 2.45) is 5.92 Å². The first-order valence-corrected chi connectivity index (χ1v) is 10.4. The van der Waals surface area contributed by atoms with Crippen molar-refractivity contribution < 1.29 is 14.3 Å². The molecule has 1 aromatic carbocycles. The first-order chi connectivity index (χ1) is 14.1. The second-order valence-corrected chi connectivity index (χ2v) is 8.17. The Morgan fingerprint density at radius 3 is 2.76 bits per heavy atom. The molecule has 0 bridgehead atoms. The fourth-order valence-electron chi connectivity index (χ4n) is 4.62. The minimum atomic E-state index is -0.634. The lowest BCUT2D eigenvalue weighted by Gasteiger charge is -2.38. The van der Waals surface area contributed by atoms with E-state index in [4.69, 9.17) is 4.74 Å². The minimum absolute atomic E-state index is 0.0588. The highest BCUT2D eigenvalue weighted by Crippen LogP contribution is 2.32. The van der Waals surface area contributed by atoms with Crippen LogP contribution in [0.15, 0.2) is 42.6 Å². The number of nitrogens with one attached hydrogen (secondary N) is 1. The quantitative estimate of drug-likeness (QED) is 0.845. The topological polar surface area (TPSA) is 63.6 Å². The molecule has 1 aromatic heterocycles. The molecule has 0 unspecified atom stereocenters. The van der Waals surface area contributed by atoms with Gasteiger partial charge >= 0.3 is 0 Å². The average molecular weight is 396 g/mol. The number of fused-ring (bicyclic) bond motifs is 1. The summed E-state index contributed by atoms with van der Waals surface area (Å²) in [5, 5.41) is 3.26. The number of hydrogen-bond donors (Lipinski definition) is 1. The van der Waals surface area contributed by atoms with E-state index in [9.17, 15) is 9.59 Å². The van der Waals surface area contributed by atoms with Gasteiger partial charge in [-0.25, -0.2) is 0 Å². The average Bonchev–Trinajstić information content (AvgIpc) is 3.18. The van der Waals surface area contributed by atoms with E-state index in [0.717, 1.165) is 36.3 Å². The van der Waals surface area contributed by atoms with Crippen LogP contribution >= 0.6 is 0 Å². The first-order valence-electron chi connectivity index (χ1n) is 10.4. The van der Waals surface area contributed by atoms with Crippen LogP contribution < -0.4 is 10.1 Å². The molecule has 0 saturated heterocycles. The maximum Gasteiger partial charge on any atom is 0.249 e. The zero-order valence-corrected chi connectivity index (χ0v) is 17.1. The number of carbonyl (C=O) groups is 2. The van der Waals surface area contributed by atoms with Crippen molar-refractivity contribution in [1.29, 1.82) is 0 Å². The first kappa shape index (κ1) is 19.6. The number of ether oxygens (including phenoxy) is 1. The Bertz CT molecular complexity index is 891. The van der Waals surface area contributed by atoms with Gasteiger partial charge in [-0.3, -0.25) is 9.59 Å². The van der Waals surface area contributed by atoms with Crippen LogP contribution in [-0.4, -0.2) is 34.4 Å². The number of amides is 2. The Balaban J connectivity index is 1.63. The summed E-state index contributed by atoms with van der Waals surface area (Å²) in [6.07, 6.45) is 6.37. The smallest absolute Gasteiger partial charge is 0.249 e. The molecule has 6 heteroatoms. The highest BCUT2D eigenvalue weighted by molar-refractivity contribution is 5.90. The lowest BCUT2D eigenvalue weighted by atomic mass is 9.85. The zero-order chi connectivity index (χ0) is 20.4. The number of nitrogens with zero attached hydrogens (tertiary/aromatic N) is 2. The summed E-state index contributed by atoms with van der Waals surface area (Å²) < 4.78 is 7.35. The van der Waals surface area contributed by atoms with E-state index in [1.807, 2.05) is 47.2 Å². The molecule has 0 spiro atoms. The maximum absolute atomic E-state index is 13.4. The van der Waals surface area contributed by atoms with Gasteiger partial charge in [0.25, 0.3) is 0 Å². The van der Waals surface area contributed by atoms with E-state index in [1.54, 1.807) is 12.0 Å². The molecule has 2 amide bonds. The van der Waals surface area contributed by atoms with Crippen LogP contribution in [0.3, 0.4) is 0 Å². The highest BCUT2D eigenvalue weighted by atomic mass is 16.5. The molecule has 2 aliphatic rings. The number of carbonyl (C=O) groups excluding carboxylic acids is 2. The zero-order valence-electron chi connectivity index (χ0n) is 17.1. The van der Waals surface area contributed by atoms with Crippen molar-refractivity contribution in [2.75, 3.05) is 7.11 Å². The van der Waals surface area contributed by atoms with Gasteiger partial charge in [-0.2, -0.15) is 0 Å². The Hall–Kier alpha value is -2.76. The highest BCUT2D eigenvalue weighted by Gasteiger charge is 2.39. The van der Waals surface area contributed by atoms with Crippen molar-refractivity contribution in [1.82, 2.24) is 14.8 Å². The molecule has 6 nitrogen and oxygen atoms in total. The van der Waals surface area contributed by atoms with Gasteiger partial charge < -0.3 is 19.5 Å². The van der Waals surface area contributed by atoms with Crippen molar-refractivity contribution in [3.05, 3.63) is 53.9 Å². The summed E-state index contributed by atoms with van der Waals surface area (Å²) in [6, 6.07) is 11.0. The van der Waals surface area contributed by atoms with Gasteiger partial charge in [-0.15, -0.1) is 0 Å². The molecule has 3 atom stereocenters. The van der Waals surface area contributed by atoms with E-state index in [0.29, 0.717) is 12.5 Å². The molecule has 29 heavy (non-hydrogen) atoms. The van der Waals surface area contributed by atoms with Crippen LogP contribution in [0, 0.1) is 5.92 Å². The van der Waals surface area contributed by atoms with Gasteiger partial charge in [0.15, 0.2) is 6.04 Å². The van der Waals surface area contributed by atoms with Crippen molar-refractivity contribution in [2.45, 2.75) is 57.8 Å². The fourth-order valence-corrected chi connectivity index (χ4v) is 4.62. The Kier molecular flexibility index (Phi) is 5.60. The number of hydrogen-bond acceptors (Lipinski definition) is 3. The lowest BCUT2D eigenvalue weighted by molar-refractivity contribution is -0.145. The van der Waals surface area contributed by atoms with Gasteiger partial charge in [-0.1, -0.05) is 38.0 Å². The summed E-state index contributed by atoms with van der Waals surface area (Å²) >= 11 is 0. The molecule has 2 aromatic rings. The van der Waals surface area contributed by atoms with Crippen LogP contribution in [0.25, 0.3) is 0 Å². The third-order valence-corrected chi connectivity index (χ3v) is 6.30. The number of rotatable bonds is 5. The van der Waals surface area contributed by atoms with Crippen LogP contribution in [0.4, 0.5) is 0 Å². The van der Waals surface area contributed by atoms with Crippen molar-refractivity contribution in [3.8, 4) is 5.75 Å². The molecule has 4 rings (SSSR count). The molecule has 1 aliphatic heterocycles. The van der Waals surface area contributed by atoms with Crippen LogP contribution in [0.1, 0.15) is 49.9 Å². The van der Waals surface area contributed by atoms with Crippen LogP contribution in [0.2, 0.25) is 0 Å². The number of aromatic nitrogens is 1. The maximum atomic E-state index is 13.4. The van der Waals surface area contributed by atoms with E-state index >= 15 is 0 Å². The third-order valence-electron chi connectivity index (χ3n) is 6.30. The number of benzene rings is 1. The van der Waals surface area contributed by atoms with Gasteiger partial charge in [0.05, 0.1) is 19.3 Å². The van der Waals surface area contributed by atoms with Gasteiger partial charge in [0.1, 0.15) is 12.3 Å². The van der Waals surface area contributed by atoms with E-state index in [2.05, 4.69) is 12.2 Å². The van der Waals surface area contributed by atoms with Gasteiger partial charge in [-0.05, 0) is 37.0 Å².